The number of ether oxygens (including phenoxy) is 1. The molecule has 2 N–H and O–H groups in total. The first-order valence-corrected chi connectivity index (χ1v) is 9.39. The number of carbonyl (C=O) groups excluding carboxylic acids is 1. The zero-order chi connectivity index (χ0) is 18.4. The van der Waals surface area contributed by atoms with Crippen molar-refractivity contribution in [2.24, 2.45) is 0 Å². The average molecular weight is 383 g/mol. The summed E-state index contributed by atoms with van der Waals surface area (Å²) in [7, 11) is 0. The van der Waals surface area contributed by atoms with Crippen molar-refractivity contribution in [3.8, 4) is 10.4 Å². The molecule has 0 aliphatic rings. The van der Waals surface area contributed by atoms with Crippen LogP contribution in [0, 0.1) is 0 Å². The van der Waals surface area contributed by atoms with E-state index in [4.69, 9.17) is 17.0 Å². The SMILES string of the molecule is CCOC(=O)c1cc(-c2ccccc2)sc1NC(=S)Nc1ccccc1. The number of hydrogen-bond donors (Lipinski definition) is 2. The summed E-state index contributed by atoms with van der Waals surface area (Å²) in [6.07, 6.45) is 0. The Morgan fingerprint density at radius 1 is 1.04 bits per heavy atom. The largest absolute Gasteiger partial charge is 0.462 e. The molecule has 0 aliphatic carbocycles. The summed E-state index contributed by atoms with van der Waals surface area (Å²) in [5.74, 6) is -0.365. The van der Waals surface area contributed by atoms with Gasteiger partial charge in [0.25, 0.3) is 0 Å². The van der Waals surface area contributed by atoms with Gasteiger partial charge in [0.15, 0.2) is 5.11 Å². The summed E-state index contributed by atoms with van der Waals surface area (Å²) >= 11 is 6.85. The van der Waals surface area contributed by atoms with Gasteiger partial charge in [-0.25, -0.2) is 4.79 Å². The maximum atomic E-state index is 12.3. The number of hydrogen-bond acceptors (Lipinski definition) is 4. The Morgan fingerprint density at radius 3 is 2.35 bits per heavy atom. The van der Waals surface area contributed by atoms with Gasteiger partial charge in [-0.2, -0.15) is 0 Å². The van der Waals surface area contributed by atoms with Gasteiger partial charge in [0.2, 0.25) is 0 Å². The van der Waals surface area contributed by atoms with Crippen LogP contribution in [-0.2, 0) is 4.74 Å². The van der Waals surface area contributed by atoms with Crippen LogP contribution in [0.3, 0.4) is 0 Å². The third kappa shape index (κ3) is 4.47. The van der Waals surface area contributed by atoms with Crippen LogP contribution in [0.15, 0.2) is 66.7 Å². The van der Waals surface area contributed by atoms with E-state index in [1.165, 1.54) is 11.3 Å². The number of esters is 1. The van der Waals surface area contributed by atoms with Crippen LogP contribution < -0.4 is 10.6 Å². The minimum absolute atomic E-state index is 0.321. The number of nitrogens with one attached hydrogen (secondary N) is 2. The van der Waals surface area contributed by atoms with Crippen molar-refractivity contribution in [2.45, 2.75) is 6.92 Å². The van der Waals surface area contributed by atoms with Gasteiger partial charge in [-0.15, -0.1) is 11.3 Å². The topological polar surface area (TPSA) is 50.4 Å². The lowest BCUT2D eigenvalue weighted by Gasteiger charge is -2.10. The van der Waals surface area contributed by atoms with Crippen LogP contribution in [0.4, 0.5) is 10.7 Å². The van der Waals surface area contributed by atoms with Gasteiger partial charge in [0.1, 0.15) is 5.00 Å². The molecule has 6 heteroatoms. The number of benzene rings is 2. The van der Waals surface area contributed by atoms with E-state index in [0.29, 0.717) is 22.3 Å². The second kappa shape index (κ2) is 8.60. The van der Waals surface area contributed by atoms with Gasteiger partial charge < -0.3 is 15.4 Å². The molecule has 26 heavy (non-hydrogen) atoms. The standard InChI is InChI=1S/C20H18N2O2S2/c1-2-24-19(23)16-13-17(14-9-5-3-6-10-14)26-18(16)22-20(25)21-15-11-7-4-8-12-15/h3-13H,2H2,1H3,(H2,21,22,25). The molecule has 0 atom stereocenters. The molecular formula is C20H18N2O2S2. The summed E-state index contributed by atoms with van der Waals surface area (Å²) in [6, 6.07) is 21.4. The second-order valence-corrected chi connectivity index (χ2v) is 6.85. The van der Waals surface area contributed by atoms with Crippen molar-refractivity contribution in [1.82, 2.24) is 0 Å². The Bertz CT molecular complexity index is 893. The summed E-state index contributed by atoms with van der Waals surface area (Å²) in [6.45, 7) is 2.11. The molecule has 0 unspecified atom stereocenters. The van der Waals surface area contributed by atoms with Gasteiger partial charge in [0, 0.05) is 10.6 Å². The summed E-state index contributed by atoms with van der Waals surface area (Å²) < 4.78 is 5.18. The molecule has 1 aromatic heterocycles. The van der Waals surface area contributed by atoms with Crippen LogP contribution in [0.2, 0.25) is 0 Å². The lowest BCUT2D eigenvalue weighted by atomic mass is 10.1. The van der Waals surface area contributed by atoms with E-state index in [9.17, 15) is 4.79 Å². The molecule has 4 nitrogen and oxygen atoms in total. The first-order valence-electron chi connectivity index (χ1n) is 8.17. The van der Waals surface area contributed by atoms with Crippen molar-refractivity contribution >= 4 is 45.3 Å². The predicted octanol–water partition coefficient (Wildman–Crippen LogP) is 5.40. The van der Waals surface area contributed by atoms with Gasteiger partial charge in [-0.1, -0.05) is 48.5 Å². The number of para-hydroxylation sites is 1. The molecule has 1 heterocycles. The van der Waals surface area contributed by atoms with Gasteiger partial charge in [-0.05, 0) is 42.9 Å². The first-order chi connectivity index (χ1) is 12.7. The third-order valence-corrected chi connectivity index (χ3v) is 4.85. The number of rotatable bonds is 5. The minimum atomic E-state index is -0.365. The Hall–Kier alpha value is -2.70. The van der Waals surface area contributed by atoms with E-state index >= 15 is 0 Å². The highest BCUT2D eigenvalue weighted by molar-refractivity contribution is 7.80. The minimum Gasteiger partial charge on any atom is -0.462 e. The molecule has 3 aromatic rings. The fourth-order valence-corrected chi connectivity index (χ4v) is 3.72. The molecule has 132 valence electrons. The maximum Gasteiger partial charge on any atom is 0.341 e. The number of anilines is 2. The van der Waals surface area contributed by atoms with Crippen molar-refractivity contribution in [3.63, 3.8) is 0 Å². The van der Waals surface area contributed by atoms with E-state index < -0.39 is 0 Å². The smallest absolute Gasteiger partial charge is 0.341 e. The van der Waals surface area contributed by atoms with Crippen LogP contribution in [0.25, 0.3) is 10.4 Å². The molecule has 0 bridgehead atoms. The Kier molecular flexibility index (Phi) is 5.99. The highest BCUT2D eigenvalue weighted by Gasteiger charge is 2.19. The molecule has 3 rings (SSSR count). The van der Waals surface area contributed by atoms with Crippen molar-refractivity contribution < 1.29 is 9.53 Å². The van der Waals surface area contributed by atoms with Crippen LogP contribution >= 0.6 is 23.6 Å². The van der Waals surface area contributed by atoms with Crippen LogP contribution in [-0.4, -0.2) is 17.7 Å². The van der Waals surface area contributed by atoms with E-state index in [0.717, 1.165) is 16.1 Å². The average Bonchev–Trinajstić information content (AvgIpc) is 3.07. The molecule has 0 saturated carbocycles. The monoisotopic (exact) mass is 382 g/mol. The van der Waals surface area contributed by atoms with Gasteiger partial charge >= 0.3 is 5.97 Å². The number of thiocarbonyl (C=S) groups is 1. The van der Waals surface area contributed by atoms with Crippen LogP contribution in [0.5, 0.6) is 0 Å². The molecule has 0 fully saturated rings. The summed E-state index contributed by atoms with van der Waals surface area (Å²) in [5.41, 5.74) is 2.40. The molecule has 0 aliphatic heterocycles. The molecule has 2 aromatic carbocycles. The van der Waals surface area contributed by atoms with E-state index in [1.54, 1.807) is 6.92 Å². The Morgan fingerprint density at radius 2 is 1.69 bits per heavy atom. The Labute approximate surface area is 161 Å². The van der Waals surface area contributed by atoms with Crippen molar-refractivity contribution in [3.05, 3.63) is 72.3 Å². The summed E-state index contributed by atoms with van der Waals surface area (Å²) in [5, 5.41) is 7.32. The molecular weight excluding hydrogens is 364 g/mol. The second-order valence-electron chi connectivity index (χ2n) is 5.39. The van der Waals surface area contributed by atoms with E-state index in [-0.39, 0.29) is 5.97 Å². The molecule has 0 spiro atoms. The molecule has 0 amide bonds. The van der Waals surface area contributed by atoms with Crippen LogP contribution in [0.1, 0.15) is 17.3 Å². The van der Waals surface area contributed by atoms with Crippen molar-refractivity contribution in [2.75, 3.05) is 17.2 Å². The molecule has 0 saturated heterocycles. The fraction of sp³-hybridized carbons (Fsp3) is 0.100. The third-order valence-electron chi connectivity index (χ3n) is 3.54. The maximum absolute atomic E-state index is 12.3. The highest BCUT2D eigenvalue weighted by atomic mass is 32.1. The quantitative estimate of drug-likeness (QED) is 0.457. The molecule has 0 radical (unpaired) electrons. The number of thiophene rings is 1. The van der Waals surface area contributed by atoms with Crippen molar-refractivity contribution in [1.29, 1.82) is 0 Å². The lowest BCUT2D eigenvalue weighted by molar-refractivity contribution is 0.0528. The zero-order valence-corrected chi connectivity index (χ0v) is 15.8. The fourth-order valence-electron chi connectivity index (χ4n) is 2.38. The normalized spacial score (nSPS) is 10.2. The van der Waals surface area contributed by atoms with E-state index in [2.05, 4.69) is 10.6 Å². The lowest BCUT2D eigenvalue weighted by Crippen LogP contribution is -2.20. The summed E-state index contributed by atoms with van der Waals surface area (Å²) in [4.78, 5) is 13.3. The van der Waals surface area contributed by atoms with Gasteiger partial charge in [-0.3, -0.25) is 0 Å². The Balaban J connectivity index is 1.85. The zero-order valence-electron chi connectivity index (χ0n) is 14.2. The first kappa shape index (κ1) is 18.1. The predicted molar refractivity (Wildman–Crippen MR) is 112 cm³/mol. The van der Waals surface area contributed by atoms with Gasteiger partial charge in [0.05, 0.1) is 12.2 Å². The highest BCUT2D eigenvalue weighted by Crippen LogP contribution is 2.36. The number of carbonyl (C=O) groups is 1. The van der Waals surface area contributed by atoms with E-state index in [1.807, 2.05) is 66.7 Å².